The Labute approximate surface area is 189 Å². The number of hydrogen-bond acceptors (Lipinski definition) is 5. The lowest BCUT2D eigenvalue weighted by molar-refractivity contribution is -0.115. The molecule has 30 heavy (non-hydrogen) atoms. The van der Waals surface area contributed by atoms with E-state index < -0.39 is 0 Å². The second-order valence-electron chi connectivity index (χ2n) is 6.54. The predicted molar refractivity (Wildman–Crippen MR) is 127 cm³/mol. The molecule has 1 aliphatic heterocycles. The van der Waals surface area contributed by atoms with Crippen LogP contribution in [0.25, 0.3) is 16.8 Å². The second kappa shape index (κ2) is 9.08. The van der Waals surface area contributed by atoms with Crippen molar-refractivity contribution in [2.75, 3.05) is 6.61 Å². The van der Waals surface area contributed by atoms with Gasteiger partial charge in [-0.15, -0.1) is 0 Å². The third kappa shape index (κ3) is 4.46. The Balaban J connectivity index is 1.63. The van der Waals surface area contributed by atoms with Crippen LogP contribution in [0.5, 0.6) is 11.5 Å². The largest absolute Gasteiger partial charge is 0.490 e. The number of halogens is 1. The number of benzene rings is 3. The van der Waals surface area contributed by atoms with Gasteiger partial charge >= 0.3 is 0 Å². The highest BCUT2D eigenvalue weighted by atomic mass is 35.5. The fourth-order valence-electron chi connectivity index (χ4n) is 3.21. The van der Waals surface area contributed by atoms with E-state index in [4.69, 9.17) is 33.3 Å². The number of nitrogens with one attached hydrogen (secondary N) is 1. The molecule has 1 amide bonds. The molecule has 0 aliphatic carbocycles. The SMILES string of the molecule is CCOc1cc(/C=C2\SC(=S)NC2=O)cc(Cl)c1OCc1cccc2ccccc12. The molecule has 0 saturated carbocycles. The van der Waals surface area contributed by atoms with Crippen molar-refractivity contribution in [1.29, 1.82) is 0 Å². The van der Waals surface area contributed by atoms with Crippen LogP contribution in [0.15, 0.2) is 59.5 Å². The molecule has 0 bridgehead atoms. The number of carbonyl (C=O) groups is 1. The molecule has 1 aliphatic rings. The zero-order valence-electron chi connectivity index (χ0n) is 16.1. The topological polar surface area (TPSA) is 47.6 Å². The quantitative estimate of drug-likeness (QED) is 0.367. The molecular formula is C23H18ClNO3S2. The number of hydrogen-bond donors (Lipinski definition) is 1. The Bertz CT molecular complexity index is 1170. The van der Waals surface area contributed by atoms with E-state index in [0.29, 0.717) is 39.0 Å². The zero-order valence-corrected chi connectivity index (χ0v) is 18.5. The van der Waals surface area contributed by atoms with Crippen LogP contribution in [0.3, 0.4) is 0 Å². The molecule has 7 heteroatoms. The molecule has 1 N–H and O–H groups in total. The van der Waals surface area contributed by atoms with Crippen LogP contribution in [0.4, 0.5) is 0 Å². The first-order valence-corrected chi connectivity index (χ1v) is 11.0. The van der Waals surface area contributed by atoms with Gasteiger partial charge in [-0.05, 0) is 47.0 Å². The van der Waals surface area contributed by atoms with E-state index in [2.05, 4.69) is 23.5 Å². The van der Waals surface area contributed by atoms with Gasteiger partial charge in [0.15, 0.2) is 11.5 Å². The van der Waals surface area contributed by atoms with Crippen LogP contribution in [0.1, 0.15) is 18.1 Å². The molecule has 4 rings (SSSR count). The Morgan fingerprint density at radius 2 is 1.93 bits per heavy atom. The predicted octanol–water partition coefficient (Wildman–Crippen LogP) is 5.96. The molecule has 1 heterocycles. The van der Waals surface area contributed by atoms with Gasteiger partial charge in [-0.3, -0.25) is 4.79 Å². The van der Waals surface area contributed by atoms with Gasteiger partial charge in [0.25, 0.3) is 5.91 Å². The Kier molecular flexibility index (Phi) is 6.27. The van der Waals surface area contributed by atoms with E-state index in [1.807, 2.05) is 37.3 Å². The lowest BCUT2D eigenvalue weighted by Crippen LogP contribution is -2.17. The lowest BCUT2D eigenvalue weighted by atomic mass is 10.1. The van der Waals surface area contributed by atoms with E-state index in [1.165, 1.54) is 11.8 Å². The Hall–Kier alpha value is -2.54. The maximum atomic E-state index is 11.9. The highest BCUT2D eigenvalue weighted by molar-refractivity contribution is 8.26. The number of fused-ring (bicyclic) bond motifs is 1. The fourth-order valence-corrected chi connectivity index (χ4v) is 4.53. The normalized spacial score (nSPS) is 14.9. The van der Waals surface area contributed by atoms with Gasteiger partial charge in [-0.2, -0.15) is 0 Å². The van der Waals surface area contributed by atoms with E-state index >= 15 is 0 Å². The average Bonchev–Trinajstić information content (AvgIpc) is 3.04. The summed E-state index contributed by atoms with van der Waals surface area (Å²) in [6.45, 7) is 2.71. The first kappa shape index (κ1) is 20.7. The summed E-state index contributed by atoms with van der Waals surface area (Å²) in [5, 5.41) is 5.31. The summed E-state index contributed by atoms with van der Waals surface area (Å²) in [7, 11) is 0. The summed E-state index contributed by atoms with van der Waals surface area (Å²) in [6.07, 6.45) is 1.74. The summed E-state index contributed by atoms with van der Waals surface area (Å²) in [5.74, 6) is 0.797. The van der Waals surface area contributed by atoms with Crippen LogP contribution in [0, 0.1) is 0 Å². The molecule has 0 unspecified atom stereocenters. The monoisotopic (exact) mass is 455 g/mol. The summed E-state index contributed by atoms with van der Waals surface area (Å²) in [4.78, 5) is 12.5. The van der Waals surface area contributed by atoms with Crippen LogP contribution >= 0.6 is 35.6 Å². The van der Waals surface area contributed by atoms with Crippen LogP contribution in [-0.2, 0) is 11.4 Å². The molecule has 0 spiro atoms. The van der Waals surface area contributed by atoms with E-state index in [0.717, 1.165) is 21.9 Å². The van der Waals surface area contributed by atoms with Gasteiger partial charge in [0.05, 0.1) is 16.5 Å². The minimum atomic E-state index is -0.213. The maximum Gasteiger partial charge on any atom is 0.263 e. The molecule has 3 aromatic rings. The first-order valence-electron chi connectivity index (χ1n) is 9.36. The molecule has 1 saturated heterocycles. The molecular weight excluding hydrogens is 438 g/mol. The van der Waals surface area contributed by atoms with Crippen LogP contribution in [-0.4, -0.2) is 16.8 Å². The smallest absolute Gasteiger partial charge is 0.263 e. The molecule has 0 aromatic heterocycles. The Morgan fingerprint density at radius 1 is 1.13 bits per heavy atom. The van der Waals surface area contributed by atoms with Crippen molar-refractivity contribution < 1.29 is 14.3 Å². The number of thioether (sulfide) groups is 1. The number of carbonyl (C=O) groups excluding carboxylic acids is 1. The fraction of sp³-hybridized carbons (Fsp3) is 0.130. The molecule has 0 atom stereocenters. The summed E-state index contributed by atoms with van der Waals surface area (Å²) < 4.78 is 12.3. The summed E-state index contributed by atoms with van der Waals surface area (Å²) in [5.41, 5.74) is 1.80. The number of thiocarbonyl (C=S) groups is 1. The number of ether oxygens (including phenoxy) is 2. The van der Waals surface area contributed by atoms with Crippen molar-refractivity contribution in [3.8, 4) is 11.5 Å². The van der Waals surface area contributed by atoms with E-state index in [1.54, 1.807) is 12.1 Å². The van der Waals surface area contributed by atoms with E-state index in [9.17, 15) is 4.79 Å². The molecule has 3 aromatic carbocycles. The lowest BCUT2D eigenvalue weighted by Gasteiger charge is -2.15. The summed E-state index contributed by atoms with van der Waals surface area (Å²) >= 11 is 12.8. The standard InChI is InChI=1S/C23H18ClNO3S2/c1-2-27-19-11-14(12-20-22(26)25-23(29)30-20)10-18(24)21(19)28-13-16-8-5-7-15-6-3-4-9-17(15)16/h3-12H,2,13H2,1H3,(H,25,26,29)/b20-12-. The number of amides is 1. The third-order valence-electron chi connectivity index (χ3n) is 4.52. The van der Waals surface area contributed by atoms with Crippen molar-refractivity contribution >= 4 is 62.7 Å². The van der Waals surface area contributed by atoms with Crippen molar-refractivity contribution in [2.24, 2.45) is 0 Å². The second-order valence-corrected chi connectivity index (χ2v) is 8.67. The highest BCUT2D eigenvalue weighted by Gasteiger charge is 2.22. The zero-order chi connectivity index (χ0) is 21.1. The summed E-state index contributed by atoms with van der Waals surface area (Å²) in [6, 6.07) is 17.9. The average molecular weight is 456 g/mol. The van der Waals surface area contributed by atoms with Gasteiger partial charge in [0.1, 0.15) is 10.9 Å². The first-order chi connectivity index (χ1) is 14.5. The number of rotatable bonds is 6. The highest BCUT2D eigenvalue weighted by Crippen LogP contribution is 2.39. The van der Waals surface area contributed by atoms with Gasteiger partial charge < -0.3 is 14.8 Å². The molecule has 1 fully saturated rings. The van der Waals surface area contributed by atoms with Crippen LogP contribution in [0.2, 0.25) is 5.02 Å². The van der Waals surface area contributed by atoms with Crippen molar-refractivity contribution in [3.63, 3.8) is 0 Å². The van der Waals surface area contributed by atoms with Gasteiger partial charge in [0.2, 0.25) is 0 Å². The third-order valence-corrected chi connectivity index (χ3v) is 5.97. The maximum absolute atomic E-state index is 11.9. The van der Waals surface area contributed by atoms with E-state index in [-0.39, 0.29) is 5.91 Å². The molecule has 0 radical (unpaired) electrons. The Morgan fingerprint density at radius 3 is 2.70 bits per heavy atom. The minimum absolute atomic E-state index is 0.213. The van der Waals surface area contributed by atoms with Gasteiger partial charge in [-0.25, -0.2) is 0 Å². The van der Waals surface area contributed by atoms with Crippen molar-refractivity contribution in [3.05, 3.63) is 75.7 Å². The minimum Gasteiger partial charge on any atom is -0.490 e. The van der Waals surface area contributed by atoms with Crippen molar-refractivity contribution in [1.82, 2.24) is 5.32 Å². The molecule has 4 nitrogen and oxygen atoms in total. The van der Waals surface area contributed by atoms with Crippen molar-refractivity contribution in [2.45, 2.75) is 13.5 Å². The van der Waals surface area contributed by atoms with Gasteiger partial charge in [0, 0.05) is 0 Å². The molecule has 152 valence electrons. The van der Waals surface area contributed by atoms with Gasteiger partial charge in [-0.1, -0.05) is 78.0 Å². The van der Waals surface area contributed by atoms with Crippen LogP contribution < -0.4 is 14.8 Å².